The third-order valence-corrected chi connectivity index (χ3v) is 4.08. The lowest BCUT2D eigenvalue weighted by molar-refractivity contribution is 0.965. The molecule has 0 atom stereocenters. The minimum Gasteiger partial charge on any atom is -0.379 e. The Bertz CT molecular complexity index is 902. The highest BCUT2D eigenvalue weighted by molar-refractivity contribution is 7.15. The van der Waals surface area contributed by atoms with Crippen LogP contribution in [0.4, 0.5) is 5.69 Å². The average molecular weight is 295 g/mol. The van der Waals surface area contributed by atoms with Crippen LogP contribution < -0.4 is 10.9 Å². The van der Waals surface area contributed by atoms with E-state index in [2.05, 4.69) is 16.2 Å². The van der Waals surface area contributed by atoms with Crippen molar-refractivity contribution in [1.29, 1.82) is 0 Å². The summed E-state index contributed by atoms with van der Waals surface area (Å²) in [4.78, 5) is 17.3. The van der Waals surface area contributed by atoms with E-state index in [9.17, 15) is 4.79 Å². The molecule has 0 spiro atoms. The first-order valence-corrected chi connectivity index (χ1v) is 7.32. The normalized spacial score (nSPS) is 10.5. The van der Waals surface area contributed by atoms with Crippen molar-refractivity contribution in [2.24, 2.45) is 0 Å². The van der Waals surface area contributed by atoms with Gasteiger partial charge in [-0.25, -0.2) is 4.98 Å². The average Bonchev–Trinajstić information content (AvgIpc) is 2.87. The van der Waals surface area contributed by atoms with Crippen molar-refractivity contribution >= 4 is 22.0 Å². The fourth-order valence-electron chi connectivity index (χ4n) is 2.10. The molecule has 21 heavy (non-hydrogen) atoms. The highest BCUT2D eigenvalue weighted by Gasteiger charge is 2.06. The summed E-state index contributed by atoms with van der Waals surface area (Å²) in [7, 11) is 0. The van der Waals surface area contributed by atoms with E-state index in [1.165, 1.54) is 11.3 Å². The number of nitrogens with one attached hydrogen (secondary N) is 1. The molecule has 0 radical (unpaired) electrons. The van der Waals surface area contributed by atoms with E-state index >= 15 is 0 Å². The molecule has 0 aliphatic heterocycles. The van der Waals surface area contributed by atoms with Gasteiger partial charge in [0.05, 0.1) is 12.2 Å². The second-order valence-electron chi connectivity index (χ2n) is 4.66. The Morgan fingerprint density at radius 2 is 2.29 bits per heavy atom. The second kappa shape index (κ2) is 5.43. The molecule has 104 valence electrons. The van der Waals surface area contributed by atoms with E-state index in [1.54, 1.807) is 10.5 Å². The van der Waals surface area contributed by atoms with Gasteiger partial charge in [-0.1, -0.05) is 12.0 Å². The quantitative estimate of drug-likeness (QED) is 0.756. The van der Waals surface area contributed by atoms with Gasteiger partial charge in [0.15, 0.2) is 4.96 Å². The highest BCUT2D eigenvalue weighted by atomic mass is 32.1. The summed E-state index contributed by atoms with van der Waals surface area (Å²) in [6, 6.07) is 9.15. The predicted octanol–water partition coefficient (Wildman–Crippen LogP) is 2.66. The van der Waals surface area contributed by atoms with Gasteiger partial charge in [-0.2, -0.15) is 0 Å². The minimum atomic E-state index is -0.0482. The van der Waals surface area contributed by atoms with E-state index in [0.29, 0.717) is 17.2 Å². The summed E-state index contributed by atoms with van der Waals surface area (Å²) in [5.41, 5.74) is 3.31. The van der Waals surface area contributed by atoms with Crippen LogP contribution in [0.1, 0.15) is 17.0 Å². The van der Waals surface area contributed by atoms with Crippen molar-refractivity contribution < 1.29 is 0 Å². The zero-order valence-corrected chi connectivity index (χ0v) is 12.3. The lowest BCUT2D eigenvalue weighted by atomic mass is 10.2. The molecule has 0 fully saturated rings. The van der Waals surface area contributed by atoms with Crippen molar-refractivity contribution in [3.05, 3.63) is 63.0 Å². The molecule has 3 aromatic rings. The fraction of sp³-hybridized carbons (Fsp3) is 0.125. The van der Waals surface area contributed by atoms with Crippen LogP contribution in [0, 0.1) is 19.3 Å². The Balaban J connectivity index is 1.85. The number of hydrogen-bond acceptors (Lipinski definition) is 4. The van der Waals surface area contributed by atoms with Crippen LogP contribution in [0.2, 0.25) is 0 Å². The molecule has 1 N–H and O–H groups in total. The first-order chi connectivity index (χ1) is 10.2. The zero-order chi connectivity index (χ0) is 14.8. The SMILES string of the molecule is C#Cc1cccc(NCc2cc(=O)n3c(C)csc3n2)c1. The molecule has 4 nitrogen and oxygen atoms in total. The van der Waals surface area contributed by atoms with Crippen molar-refractivity contribution in [2.75, 3.05) is 5.32 Å². The maximum absolute atomic E-state index is 12.1. The number of fused-ring (bicyclic) bond motifs is 1. The summed E-state index contributed by atoms with van der Waals surface area (Å²) in [5.74, 6) is 2.59. The Labute approximate surface area is 126 Å². The van der Waals surface area contributed by atoms with Gasteiger partial charge >= 0.3 is 0 Å². The number of aromatic nitrogens is 2. The third-order valence-electron chi connectivity index (χ3n) is 3.13. The molecule has 0 aliphatic carbocycles. The smallest absolute Gasteiger partial charge is 0.259 e. The van der Waals surface area contributed by atoms with E-state index in [-0.39, 0.29) is 5.56 Å². The van der Waals surface area contributed by atoms with Crippen molar-refractivity contribution in [1.82, 2.24) is 9.38 Å². The van der Waals surface area contributed by atoms with Crippen LogP contribution >= 0.6 is 11.3 Å². The highest BCUT2D eigenvalue weighted by Crippen LogP contribution is 2.13. The standard InChI is InChI=1S/C16H13N3OS/c1-3-12-5-4-6-13(7-12)17-9-14-8-15(20)19-11(2)10-21-16(19)18-14/h1,4-8,10,17H,9H2,2H3. The van der Waals surface area contributed by atoms with Crippen LogP contribution in [0.25, 0.3) is 4.96 Å². The molecular weight excluding hydrogens is 282 g/mol. The van der Waals surface area contributed by atoms with Gasteiger partial charge in [0, 0.05) is 28.4 Å². The van der Waals surface area contributed by atoms with Crippen LogP contribution in [0.3, 0.4) is 0 Å². The fourth-order valence-corrected chi connectivity index (χ4v) is 2.99. The number of aryl methyl sites for hydroxylation is 1. The van der Waals surface area contributed by atoms with Crippen molar-refractivity contribution in [3.8, 4) is 12.3 Å². The lowest BCUT2D eigenvalue weighted by Crippen LogP contribution is -2.16. The summed E-state index contributed by atoms with van der Waals surface area (Å²) >= 11 is 1.47. The molecule has 0 unspecified atom stereocenters. The number of hydrogen-bond donors (Lipinski definition) is 1. The lowest BCUT2D eigenvalue weighted by Gasteiger charge is -2.06. The molecule has 0 saturated heterocycles. The molecule has 0 bridgehead atoms. The summed E-state index contributed by atoms with van der Waals surface area (Å²) in [5, 5.41) is 5.16. The van der Waals surface area contributed by atoms with Gasteiger partial charge < -0.3 is 5.32 Å². The van der Waals surface area contributed by atoms with Crippen LogP contribution in [0.15, 0.2) is 40.5 Å². The molecule has 0 aliphatic rings. The van der Waals surface area contributed by atoms with Crippen molar-refractivity contribution in [2.45, 2.75) is 13.5 Å². The van der Waals surface area contributed by atoms with E-state index in [4.69, 9.17) is 6.42 Å². The number of nitrogens with zero attached hydrogens (tertiary/aromatic N) is 2. The van der Waals surface area contributed by atoms with Crippen LogP contribution in [-0.2, 0) is 6.54 Å². The maximum Gasteiger partial charge on any atom is 0.259 e. The monoisotopic (exact) mass is 295 g/mol. The Morgan fingerprint density at radius 3 is 3.10 bits per heavy atom. The van der Waals surface area contributed by atoms with Gasteiger partial charge in [0.25, 0.3) is 5.56 Å². The summed E-state index contributed by atoms with van der Waals surface area (Å²) in [6.07, 6.45) is 5.38. The molecule has 2 aromatic heterocycles. The Hall–Kier alpha value is -2.58. The molecule has 2 heterocycles. The third kappa shape index (κ3) is 2.67. The topological polar surface area (TPSA) is 46.4 Å². The van der Waals surface area contributed by atoms with E-state index < -0.39 is 0 Å². The van der Waals surface area contributed by atoms with Gasteiger partial charge in [-0.05, 0) is 25.1 Å². The number of thiazole rings is 1. The van der Waals surface area contributed by atoms with E-state index in [1.807, 2.05) is 36.6 Å². The number of terminal acetylenes is 1. The first kappa shape index (κ1) is 13.4. The number of anilines is 1. The zero-order valence-electron chi connectivity index (χ0n) is 11.5. The van der Waals surface area contributed by atoms with Crippen molar-refractivity contribution in [3.63, 3.8) is 0 Å². The summed E-state index contributed by atoms with van der Waals surface area (Å²) < 4.78 is 1.62. The van der Waals surface area contributed by atoms with Crippen LogP contribution in [0.5, 0.6) is 0 Å². The Kier molecular flexibility index (Phi) is 3.46. The van der Waals surface area contributed by atoms with E-state index in [0.717, 1.165) is 16.9 Å². The molecular formula is C16H13N3OS. The van der Waals surface area contributed by atoms with Gasteiger partial charge in [0.1, 0.15) is 0 Å². The molecule has 0 amide bonds. The largest absolute Gasteiger partial charge is 0.379 e. The first-order valence-electron chi connectivity index (χ1n) is 6.45. The predicted molar refractivity (Wildman–Crippen MR) is 85.8 cm³/mol. The summed E-state index contributed by atoms with van der Waals surface area (Å²) in [6.45, 7) is 2.38. The number of benzene rings is 1. The number of rotatable bonds is 3. The van der Waals surface area contributed by atoms with Gasteiger partial charge in [0.2, 0.25) is 0 Å². The Morgan fingerprint density at radius 1 is 1.43 bits per heavy atom. The molecule has 3 rings (SSSR count). The van der Waals surface area contributed by atoms with Gasteiger partial charge in [-0.3, -0.25) is 9.20 Å². The van der Waals surface area contributed by atoms with Gasteiger partial charge in [-0.15, -0.1) is 17.8 Å². The molecule has 5 heteroatoms. The molecule has 0 saturated carbocycles. The minimum absolute atomic E-state index is 0.0482. The second-order valence-corrected chi connectivity index (χ2v) is 5.50. The molecule has 1 aromatic carbocycles. The van der Waals surface area contributed by atoms with Crippen LogP contribution in [-0.4, -0.2) is 9.38 Å². The maximum atomic E-state index is 12.1.